The number of rotatable bonds is 2. The van der Waals surface area contributed by atoms with Crippen LogP contribution in [0.3, 0.4) is 0 Å². The summed E-state index contributed by atoms with van der Waals surface area (Å²) >= 11 is 0. The van der Waals surface area contributed by atoms with Gasteiger partial charge in [-0.25, -0.2) is 0 Å². The lowest BCUT2D eigenvalue weighted by atomic mass is 10.3. The smallest absolute Gasteiger partial charge is 0.238 e. The summed E-state index contributed by atoms with van der Waals surface area (Å²) in [4.78, 5) is 23.1. The maximum atomic E-state index is 11.7. The van der Waals surface area contributed by atoms with Gasteiger partial charge in [-0.3, -0.25) is 15.0 Å². The van der Waals surface area contributed by atoms with Gasteiger partial charge in [0.15, 0.2) is 10.7 Å². The molecule has 2 rings (SSSR count). The van der Waals surface area contributed by atoms with Crippen molar-refractivity contribution in [3.05, 3.63) is 73.6 Å². The molecule has 2 aromatic carbocycles. The first-order chi connectivity index (χ1) is 8.72. The quantitative estimate of drug-likeness (QED) is 0.549. The molecule has 0 aliphatic heterocycles. The lowest BCUT2D eigenvalue weighted by molar-refractivity contribution is 0.301. The van der Waals surface area contributed by atoms with Crippen molar-refractivity contribution < 1.29 is 5.21 Å². The standard InChI is InChI=1S/C12H9N3O3/c16-10-7-6-9(15-18)12(17)11(10)14-13-8-4-2-1-3-5-8/h1-7,13,18H/b14-11+,15-9+. The van der Waals surface area contributed by atoms with Crippen LogP contribution in [-0.4, -0.2) is 5.21 Å². The van der Waals surface area contributed by atoms with Crippen LogP contribution in [0.2, 0.25) is 0 Å². The fourth-order valence-electron chi connectivity index (χ4n) is 1.36. The summed E-state index contributed by atoms with van der Waals surface area (Å²) in [6, 6.07) is 11.1. The van der Waals surface area contributed by atoms with E-state index in [4.69, 9.17) is 5.21 Å². The maximum absolute atomic E-state index is 11.7. The number of nitrogens with zero attached hydrogens (tertiary/aromatic N) is 2. The van der Waals surface area contributed by atoms with E-state index < -0.39 is 10.9 Å². The number of benzene rings is 2. The molecule has 0 saturated heterocycles. The Bertz CT molecular complexity index is 760. The second-order valence-electron chi connectivity index (χ2n) is 3.45. The molecule has 6 nitrogen and oxygen atoms in total. The lowest BCUT2D eigenvalue weighted by Crippen LogP contribution is -2.47. The molecule has 0 saturated carbocycles. The lowest BCUT2D eigenvalue weighted by Gasteiger charge is -1.96. The van der Waals surface area contributed by atoms with E-state index in [9.17, 15) is 9.59 Å². The molecule has 18 heavy (non-hydrogen) atoms. The van der Waals surface area contributed by atoms with Gasteiger partial charge in [0.05, 0.1) is 5.69 Å². The van der Waals surface area contributed by atoms with Gasteiger partial charge in [-0.15, -0.1) is 0 Å². The van der Waals surface area contributed by atoms with Gasteiger partial charge in [0.2, 0.25) is 10.9 Å². The SMILES string of the molecule is O=c1cc/c(=N\O)c(=O)/c1=N/Nc1ccccc1. The first-order valence-corrected chi connectivity index (χ1v) is 5.10. The van der Waals surface area contributed by atoms with Crippen LogP contribution in [0, 0.1) is 0 Å². The van der Waals surface area contributed by atoms with Crippen molar-refractivity contribution in [3.63, 3.8) is 0 Å². The summed E-state index contributed by atoms with van der Waals surface area (Å²) in [6.07, 6.45) is 0. The van der Waals surface area contributed by atoms with E-state index in [0.29, 0.717) is 5.69 Å². The van der Waals surface area contributed by atoms with Crippen LogP contribution in [0.1, 0.15) is 0 Å². The van der Waals surface area contributed by atoms with E-state index in [1.807, 2.05) is 6.07 Å². The molecular weight excluding hydrogens is 234 g/mol. The first-order valence-electron chi connectivity index (χ1n) is 5.10. The topological polar surface area (TPSA) is 91.1 Å². The van der Waals surface area contributed by atoms with Gasteiger partial charge in [0.25, 0.3) is 0 Å². The Hall–Kier alpha value is -2.76. The molecule has 0 aliphatic carbocycles. The average molecular weight is 243 g/mol. The normalized spacial score (nSPS) is 12.7. The van der Waals surface area contributed by atoms with Crippen LogP contribution in [0.15, 0.2) is 62.3 Å². The van der Waals surface area contributed by atoms with Crippen molar-refractivity contribution in [3.8, 4) is 0 Å². The van der Waals surface area contributed by atoms with Crippen LogP contribution in [0.4, 0.5) is 5.69 Å². The molecule has 0 aromatic heterocycles. The molecule has 0 atom stereocenters. The first kappa shape index (κ1) is 11.7. The predicted molar refractivity (Wildman–Crippen MR) is 64.3 cm³/mol. The highest BCUT2D eigenvalue weighted by Gasteiger charge is 2.00. The summed E-state index contributed by atoms with van der Waals surface area (Å²) in [5.41, 5.74) is 1.99. The second-order valence-corrected chi connectivity index (χ2v) is 3.45. The Morgan fingerprint density at radius 3 is 2.39 bits per heavy atom. The minimum atomic E-state index is -0.714. The predicted octanol–water partition coefficient (Wildman–Crippen LogP) is -0.500. The molecule has 0 unspecified atom stereocenters. The van der Waals surface area contributed by atoms with E-state index in [0.717, 1.165) is 12.1 Å². The van der Waals surface area contributed by atoms with Crippen molar-refractivity contribution in [1.29, 1.82) is 0 Å². The van der Waals surface area contributed by atoms with Gasteiger partial charge in [0, 0.05) is 0 Å². The summed E-state index contributed by atoms with van der Waals surface area (Å²) in [6.45, 7) is 0. The van der Waals surface area contributed by atoms with Crippen molar-refractivity contribution in [2.24, 2.45) is 10.3 Å². The van der Waals surface area contributed by atoms with Crippen LogP contribution in [0.25, 0.3) is 0 Å². The molecule has 0 heterocycles. The molecule has 2 N–H and O–H groups in total. The fourth-order valence-corrected chi connectivity index (χ4v) is 1.36. The Morgan fingerprint density at radius 2 is 1.72 bits per heavy atom. The molecule has 2 aromatic rings. The number of nitrogens with one attached hydrogen (secondary N) is 1. The third-order valence-corrected chi connectivity index (χ3v) is 2.25. The number of anilines is 1. The number of hydrogen-bond donors (Lipinski definition) is 2. The van der Waals surface area contributed by atoms with Gasteiger partial charge in [0.1, 0.15) is 0 Å². The molecule has 0 spiro atoms. The zero-order valence-electron chi connectivity index (χ0n) is 9.20. The second kappa shape index (κ2) is 5.05. The van der Waals surface area contributed by atoms with Gasteiger partial charge < -0.3 is 5.21 Å². The Morgan fingerprint density at radius 1 is 1.00 bits per heavy atom. The minimum absolute atomic E-state index is 0.219. The van der Waals surface area contributed by atoms with Gasteiger partial charge >= 0.3 is 0 Å². The Balaban J connectivity index is 2.53. The minimum Gasteiger partial charge on any atom is -0.410 e. The highest BCUT2D eigenvalue weighted by atomic mass is 16.4. The largest absolute Gasteiger partial charge is 0.410 e. The Kier molecular flexibility index (Phi) is 3.29. The van der Waals surface area contributed by atoms with Crippen LogP contribution in [0.5, 0.6) is 0 Å². The number of para-hydroxylation sites is 1. The van der Waals surface area contributed by atoms with Crippen LogP contribution in [-0.2, 0) is 0 Å². The molecule has 90 valence electrons. The van der Waals surface area contributed by atoms with E-state index in [1.54, 1.807) is 24.3 Å². The van der Waals surface area contributed by atoms with Crippen LogP contribution < -0.4 is 27.0 Å². The Labute approximate surface area is 101 Å². The molecule has 6 heteroatoms. The molecular formula is C12H9N3O3. The van der Waals surface area contributed by atoms with Gasteiger partial charge in [-0.1, -0.05) is 23.4 Å². The summed E-state index contributed by atoms with van der Waals surface area (Å²) in [5, 5.41) is 14.6. The van der Waals surface area contributed by atoms with E-state index in [-0.39, 0.29) is 10.7 Å². The van der Waals surface area contributed by atoms with Crippen molar-refractivity contribution in [2.75, 3.05) is 5.43 Å². The highest BCUT2D eigenvalue weighted by Crippen LogP contribution is 2.03. The highest BCUT2D eigenvalue weighted by molar-refractivity contribution is 5.41. The van der Waals surface area contributed by atoms with E-state index in [2.05, 4.69) is 15.7 Å². The molecule has 0 fully saturated rings. The maximum Gasteiger partial charge on any atom is 0.238 e. The summed E-state index contributed by atoms with van der Waals surface area (Å²) < 4.78 is 0. The fraction of sp³-hybridized carbons (Fsp3) is 0. The molecule has 0 amide bonds. The number of hydrogen-bond acceptors (Lipinski definition) is 6. The zero-order valence-corrected chi connectivity index (χ0v) is 9.20. The average Bonchev–Trinajstić information content (AvgIpc) is 2.40. The molecule has 0 bridgehead atoms. The van der Waals surface area contributed by atoms with Crippen molar-refractivity contribution in [2.45, 2.75) is 0 Å². The summed E-state index contributed by atoms with van der Waals surface area (Å²) in [7, 11) is 0. The van der Waals surface area contributed by atoms with Gasteiger partial charge in [-0.05, 0) is 24.3 Å². The van der Waals surface area contributed by atoms with Gasteiger partial charge in [-0.2, -0.15) is 5.10 Å². The monoisotopic (exact) mass is 243 g/mol. The zero-order chi connectivity index (χ0) is 13.0. The third kappa shape index (κ3) is 2.32. The molecule has 0 aliphatic rings. The van der Waals surface area contributed by atoms with E-state index >= 15 is 0 Å². The van der Waals surface area contributed by atoms with E-state index in [1.165, 1.54) is 0 Å². The van der Waals surface area contributed by atoms with Crippen molar-refractivity contribution in [1.82, 2.24) is 0 Å². The summed E-state index contributed by atoms with van der Waals surface area (Å²) in [5.74, 6) is 0. The van der Waals surface area contributed by atoms with Crippen LogP contribution >= 0.6 is 0 Å². The van der Waals surface area contributed by atoms with Crippen molar-refractivity contribution >= 4 is 5.69 Å². The molecule has 0 radical (unpaired) electrons. The third-order valence-electron chi connectivity index (χ3n) is 2.25.